The molecule has 0 fully saturated rings. The van der Waals surface area contributed by atoms with Gasteiger partial charge in [0.1, 0.15) is 23.5 Å². The first-order valence-corrected chi connectivity index (χ1v) is 11.1. The molecule has 0 spiro atoms. The van der Waals surface area contributed by atoms with Gasteiger partial charge >= 0.3 is 6.08 Å². The maximum absolute atomic E-state index is 12.0. The van der Waals surface area contributed by atoms with Crippen LogP contribution in [0.25, 0.3) is 33.4 Å². The molecule has 0 aliphatic heterocycles. The molecule has 1 amide bonds. The summed E-state index contributed by atoms with van der Waals surface area (Å²) in [6.45, 7) is 7.03. The summed E-state index contributed by atoms with van der Waals surface area (Å²) in [5, 5.41) is 11.2. The van der Waals surface area contributed by atoms with Crippen molar-refractivity contribution in [3.63, 3.8) is 0 Å². The Hall–Kier alpha value is -4.99. The maximum Gasteiger partial charge on any atom is 0.420 e. The molecule has 5 aromatic rings. The summed E-state index contributed by atoms with van der Waals surface area (Å²) in [7, 11) is 1.93. The molecule has 3 N–H and O–H groups in total. The monoisotopic (exact) mass is 481 g/mol. The van der Waals surface area contributed by atoms with Crippen LogP contribution >= 0.6 is 0 Å². The minimum absolute atomic E-state index is 0.0718. The van der Waals surface area contributed by atoms with Crippen molar-refractivity contribution in [1.29, 1.82) is 0 Å². The fourth-order valence-electron chi connectivity index (χ4n) is 3.95. The van der Waals surface area contributed by atoms with Crippen LogP contribution in [0.15, 0.2) is 71.4 Å². The second-order valence-corrected chi connectivity index (χ2v) is 8.27. The van der Waals surface area contributed by atoms with E-state index in [0.717, 1.165) is 27.8 Å². The number of ether oxygens (including phenoxy) is 1. The Labute approximate surface area is 206 Å². The number of carbonyl (C=O) groups excluding carboxylic acids is 1. The third kappa shape index (κ3) is 4.16. The lowest BCUT2D eigenvalue weighted by molar-refractivity contribution is -0.112. The Morgan fingerprint density at radius 2 is 1.75 bits per heavy atom. The lowest BCUT2D eigenvalue weighted by atomic mass is 9.98. The summed E-state index contributed by atoms with van der Waals surface area (Å²) in [4.78, 5) is 20.7. The molecular formula is C26H23N7O3. The minimum atomic E-state index is -0.228. The maximum atomic E-state index is 12.0. The van der Waals surface area contributed by atoms with Gasteiger partial charge in [-0.2, -0.15) is 0 Å². The molecule has 0 radical (unpaired) electrons. The van der Waals surface area contributed by atoms with Crippen LogP contribution in [0.5, 0.6) is 11.8 Å². The van der Waals surface area contributed by atoms with Crippen LogP contribution in [0.4, 0.5) is 11.5 Å². The lowest BCUT2D eigenvalue weighted by Crippen LogP contribution is -2.11. The number of aromatic nitrogens is 5. The van der Waals surface area contributed by atoms with Crippen LogP contribution in [0.3, 0.4) is 0 Å². The fourth-order valence-corrected chi connectivity index (χ4v) is 3.95. The van der Waals surface area contributed by atoms with E-state index >= 15 is 0 Å². The van der Waals surface area contributed by atoms with Crippen molar-refractivity contribution < 1.29 is 13.9 Å². The predicted octanol–water partition coefficient (Wildman–Crippen LogP) is 4.88. The van der Waals surface area contributed by atoms with E-state index in [1.807, 2.05) is 60.1 Å². The molecule has 10 heteroatoms. The molecule has 0 aliphatic rings. The Bertz CT molecular complexity index is 1600. The second kappa shape index (κ2) is 8.99. The number of anilines is 2. The molecule has 3 heterocycles. The van der Waals surface area contributed by atoms with Crippen molar-refractivity contribution in [2.45, 2.75) is 13.8 Å². The van der Waals surface area contributed by atoms with E-state index in [4.69, 9.17) is 14.9 Å². The van der Waals surface area contributed by atoms with Gasteiger partial charge in [-0.1, -0.05) is 35.9 Å². The zero-order valence-electron chi connectivity index (χ0n) is 19.9. The molecule has 0 unspecified atom stereocenters. The van der Waals surface area contributed by atoms with Gasteiger partial charge in [-0.3, -0.25) is 4.79 Å². The Balaban J connectivity index is 1.58. The zero-order valence-corrected chi connectivity index (χ0v) is 19.9. The van der Waals surface area contributed by atoms with Gasteiger partial charge in [0.05, 0.1) is 11.1 Å². The predicted molar refractivity (Wildman–Crippen MR) is 136 cm³/mol. The van der Waals surface area contributed by atoms with Gasteiger partial charge in [0.2, 0.25) is 5.89 Å². The molecule has 0 saturated heterocycles. The smallest absolute Gasteiger partial charge is 0.410 e. The summed E-state index contributed by atoms with van der Waals surface area (Å²) < 4.78 is 12.9. The first-order chi connectivity index (χ1) is 17.3. The van der Waals surface area contributed by atoms with E-state index in [2.05, 4.69) is 32.1 Å². The first kappa shape index (κ1) is 22.8. The van der Waals surface area contributed by atoms with Gasteiger partial charge in [0.25, 0.3) is 5.91 Å². The van der Waals surface area contributed by atoms with Crippen LogP contribution in [0, 0.1) is 6.92 Å². The van der Waals surface area contributed by atoms with Gasteiger partial charge in [-0.05, 0) is 42.3 Å². The van der Waals surface area contributed by atoms with E-state index in [9.17, 15) is 4.79 Å². The summed E-state index contributed by atoms with van der Waals surface area (Å²) in [5.41, 5.74) is 11.7. The van der Waals surface area contributed by atoms with Gasteiger partial charge in [0.15, 0.2) is 0 Å². The number of nitrogens with two attached hydrogens (primary N) is 1. The summed E-state index contributed by atoms with van der Waals surface area (Å²) in [6.07, 6.45) is 1.52. The minimum Gasteiger partial charge on any atom is -0.410 e. The second-order valence-electron chi connectivity index (χ2n) is 8.27. The molecular weight excluding hydrogens is 458 g/mol. The standard InChI is InChI=1S/C26H23N7O3/c1-14(2)25(34)30-18-9-5-17(6-10-18)22-20(21-23(27)28-13-29-24(21)33(22)4)16-7-11-19(12-8-16)36-26-32-31-15(3)35-26/h5-13H,1H2,2-4H3,(H,30,34)(H2,27,28,29). The number of benzene rings is 2. The van der Waals surface area contributed by atoms with Gasteiger partial charge in [-0.25, -0.2) is 9.97 Å². The SMILES string of the molecule is C=C(C)C(=O)Nc1ccc(-c2c(-c3ccc(Oc4nnc(C)o4)cc3)c3c(N)ncnc3n2C)cc1. The summed E-state index contributed by atoms with van der Waals surface area (Å²) in [5.74, 6) is 1.12. The molecule has 10 nitrogen and oxygen atoms in total. The highest BCUT2D eigenvalue weighted by molar-refractivity contribution is 6.08. The first-order valence-electron chi connectivity index (χ1n) is 11.1. The fraction of sp³-hybridized carbons (Fsp3) is 0.115. The number of hydrogen-bond donors (Lipinski definition) is 2. The van der Waals surface area contributed by atoms with Crippen LogP contribution in [-0.4, -0.2) is 30.6 Å². The van der Waals surface area contributed by atoms with E-state index in [0.29, 0.717) is 34.4 Å². The van der Waals surface area contributed by atoms with Crippen molar-refractivity contribution in [3.8, 4) is 34.2 Å². The van der Waals surface area contributed by atoms with Gasteiger partial charge in [0, 0.05) is 30.8 Å². The quantitative estimate of drug-likeness (QED) is 0.328. The molecule has 0 saturated carbocycles. The van der Waals surface area contributed by atoms with Crippen molar-refractivity contribution >= 4 is 28.4 Å². The zero-order chi connectivity index (χ0) is 25.4. The van der Waals surface area contributed by atoms with Crippen LogP contribution < -0.4 is 15.8 Å². The molecule has 3 aromatic heterocycles. The van der Waals surface area contributed by atoms with Crippen molar-refractivity contribution in [2.24, 2.45) is 7.05 Å². The average molecular weight is 482 g/mol. The number of nitrogen functional groups attached to an aromatic ring is 1. The topological polar surface area (TPSA) is 134 Å². The number of nitrogens with zero attached hydrogens (tertiary/aromatic N) is 5. The number of nitrogens with one attached hydrogen (secondary N) is 1. The van der Waals surface area contributed by atoms with E-state index in [1.54, 1.807) is 13.8 Å². The molecule has 2 aromatic carbocycles. The van der Waals surface area contributed by atoms with E-state index in [1.165, 1.54) is 6.33 Å². The number of amides is 1. The Morgan fingerprint density at radius 1 is 1.06 bits per heavy atom. The highest BCUT2D eigenvalue weighted by Crippen LogP contribution is 2.42. The largest absolute Gasteiger partial charge is 0.420 e. The summed E-state index contributed by atoms with van der Waals surface area (Å²) in [6, 6.07) is 15.0. The number of carbonyl (C=O) groups is 1. The highest BCUT2D eigenvalue weighted by Gasteiger charge is 2.22. The molecule has 0 atom stereocenters. The molecule has 180 valence electrons. The molecule has 0 aliphatic carbocycles. The molecule has 5 rings (SSSR count). The lowest BCUT2D eigenvalue weighted by Gasteiger charge is -2.11. The van der Waals surface area contributed by atoms with Gasteiger partial charge < -0.3 is 24.8 Å². The van der Waals surface area contributed by atoms with Crippen LogP contribution in [0.1, 0.15) is 12.8 Å². The van der Waals surface area contributed by atoms with E-state index < -0.39 is 0 Å². The number of hydrogen-bond acceptors (Lipinski definition) is 8. The molecule has 36 heavy (non-hydrogen) atoms. The van der Waals surface area contributed by atoms with Crippen LogP contribution in [-0.2, 0) is 11.8 Å². The normalized spacial score (nSPS) is 11.0. The Kier molecular flexibility index (Phi) is 5.69. The third-order valence-corrected chi connectivity index (χ3v) is 5.66. The van der Waals surface area contributed by atoms with Crippen LogP contribution in [0.2, 0.25) is 0 Å². The number of rotatable bonds is 6. The number of aryl methyl sites for hydroxylation is 2. The van der Waals surface area contributed by atoms with Crippen molar-refractivity contribution in [3.05, 3.63) is 72.9 Å². The van der Waals surface area contributed by atoms with Crippen molar-refractivity contribution in [1.82, 2.24) is 24.7 Å². The third-order valence-electron chi connectivity index (χ3n) is 5.66. The van der Waals surface area contributed by atoms with E-state index in [-0.39, 0.29) is 12.0 Å². The van der Waals surface area contributed by atoms with Crippen molar-refractivity contribution in [2.75, 3.05) is 11.1 Å². The average Bonchev–Trinajstić information content (AvgIpc) is 3.41. The molecule has 0 bridgehead atoms. The number of fused-ring (bicyclic) bond motifs is 1. The Morgan fingerprint density at radius 3 is 2.39 bits per heavy atom. The highest BCUT2D eigenvalue weighted by atomic mass is 16.6. The summed E-state index contributed by atoms with van der Waals surface area (Å²) >= 11 is 0. The van der Waals surface area contributed by atoms with Gasteiger partial charge in [-0.15, -0.1) is 5.10 Å².